The highest BCUT2D eigenvalue weighted by atomic mass is 127. The SMILES string of the molecule is C[N+](C)(CI)Cc1ccccc1.C[N+](C)(CI)Cc1ccccc1.C[N+](C)(CI)Cc1ccccc1.[Cl-].[Cl-].[I-]. The second-order valence-corrected chi connectivity index (χ2v) is 13.1. The highest BCUT2D eigenvalue weighted by Crippen LogP contribution is 2.12. The van der Waals surface area contributed by atoms with Crippen molar-refractivity contribution < 1.29 is 62.2 Å². The van der Waals surface area contributed by atoms with Gasteiger partial charge in [-0.15, -0.1) is 0 Å². The van der Waals surface area contributed by atoms with Crippen LogP contribution in [0.3, 0.4) is 0 Å². The fraction of sp³-hybridized carbons (Fsp3) is 0.400. The number of nitrogens with zero attached hydrogens (tertiary/aromatic N) is 3. The summed E-state index contributed by atoms with van der Waals surface area (Å²) < 4.78 is 6.58. The Labute approximate surface area is 309 Å². The van der Waals surface area contributed by atoms with Gasteiger partial charge in [-0.2, -0.15) is 0 Å². The molecule has 0 heterocycles. The van der Waals surface area contributed by atoms with Crippen LogP contribution in [-0.4, -0.2) is 69.4 Å². The van der Waals surface area contributed by atoms with Crippen LogP contribution in [0.25, 0.3) is 0 Å². The second-order valence-electron chi connectivity index (χ2n) is 11.1. The third-order valence-electron chi connectivity index (χ3n) is 5.33. The Hall–Kier alpha value is 1.04. The zero-order valence-corrected chi connectivity index (χ0v) is 34.2. The molecule has 9 heteroatoms. The minimum Gasteiger partial charge on any atom is -1.00 e. The Kier molecular flexibility index (Phi) is 26.8. The molecule has 3 nitrogen and oxygen atoms in total. The van der Waals surface area contributed by atoms with Crippen LogP contribution in [0.4, 0.5) is 0 Å². The summed E-state index contributed by atoms with van der Waals surface area (Å²) in [5, 5.41) is 0. The predicted molar refractivity (Wildman–Crippen MR) is 183 cm³/mol. The van der Waals surface area contributed by atoms with E-state index in [-0.39, 0.29) is 48.8 Å². The molecule has 0 saturated heterocycles. The molecule has 0 spiro atoms. The number of hydrogen-bond acceptors (Lipinski definition) is 0. The monoisotopic (exact) mass is 1020 g/mol. The van der Waals surface area contributed by atoms with Gasteiger partial charge in [0.15, 0.2) is 0 Å². The van der Waals surface area contributed by atoms with Crippen molar-refractivity contribution in [1.29, 1.82) is 0 Å². The topological polar surface area (TPSA) is 0 Å². The number of benzene rings is 3. The molecule has 0 aromatic heterocycles. The van der Waals surface area contributed by atoms with E-state index in [0.717, 1.165) is 46.7 Å². The summed E-state index contributed by atoms with van der Waals surface area (Å²) in [6, 6.07) is 31.9. The number of quaternary nitrogens is 3. The van der Waals surface area contributed by atoms with Gasteiger partial charge in [0, 0.05) is 16.7 Å². The lowest BCUT2D eigenvalue weighted by atomic mass is 10.2. The first kappa shape index (κ1) is 44.5. The first-order valence-corrected chi connectivity index (χ1v) is 16.8. The Morgan fingerprint density at radius 1 is 0.410 bits per heavy atom. The van der Waals surface area contributed by atoms with Crippen molar-refractivity contribution >= 4 is 67.8 Å². The summed E-state index contributed by atoms with van der Waals surface area (Å²) in [5.74, 6) is 0. The number of alkyl halides is 3. The van der Waals surface area contributed by atoms with E-state index in [4.69, 9.17) is 0 Å². The molecular formula is C30H45Cl2I4N3. The predicted octanol–water partition coefficient (Wildman–Crippen LogP) is -1.02. The van der Waals surface area contributed by atoms with Gasteiger partial charge in [-0.1, -0.05) is 91.0 Å². The molecule has 0 aliphatic carbocycles. The maximum absolute atomic E-state index is 2.43. The average molecular weight is 1030 g/mol. The molecular weight excluding hydrogens is 981 g/mol. The zero-order chi connectivity index (χ0) is 27.1. The van der Waals surface area contributed by atoms with E-state index >= 15 is 0 Å². The quantitative estimate of drug-likeness (QED) is 0.112. The van der Waals surface area contributed by atoms with E-state index < -0.39 is 0 Å². The molecule has 0 fully saturated rings. The Balaban J connectivity index is -0.000000480. The van der Waals surface area contributed by atoms with Gasteiger partial charge in [-0.3, -0.25) is 0 Å². The molecule has 0 radical (unpaired) electrons. The van der Waals surface area contributed by atoms with Gasteiger partial charge in [0.25, 0.3) is 0 Å². The number of halogens is 6. The number of rotatable bonds is 9. The normalized spacial score (nSPS) is 10.7. The van der Waals surface area contributed by atoms with E-state index in [2.05, 4.69) is 201 Å². The third kappa shape index (κ3) is 22.3. The van der Waals surface area contributed by atoms with Crippen LogP contribution in [0.5, 0.6) is 0 Å². The lowest BCUT2D eigenvalue weighted by Crippen LogP contribution is -3.00. The fourth-order valence-corrected chi connectivity index (χ4v) is 4.08. The van der Waals surface area contributed by atoms with Crippen LogP contribution >= 0.6 is 67.8 Å². The van der Waals surface area contributed by atoms with Crippen LogP contribution in [0.1, 0.15) is 16.7 Å². The summed E-state index contributed by atoms with van der Waals surface area (Å²) in [6.07, 6.45) is 0. The molecule has 0 unspecified atom stereocenters. The summed E-state index contributed by atoms with van der Waals surface area (Å²) in [5.41, 5.74) is 4.25. The minimum atomic E-state index is 0. The standard InChI is InChI=1S/3C10H15IN.2ClH.HI/c3*1-12(2,9-11)8-10-6-4-3-5-7-10;;;/h3*3-7H,8-9H2,1-2H3;3*1H/q3*+1;;;/p-3. The van der Waals surface area contributed by atoms with Crippen molar-refractivity contribution in [2.24, 2.45) is 0 Å². The van der Waals surface area contributed by atoms with Crippen LogP contribution in [0.2, 0.25) is 0 Å². The van der Waals surface area contributed by atoms with Gasteiger partial charge in [0.2, 0.25) is 0 Å². The van der Waals surface area contributed by atoms with Crippen molar-refractivity contribution in [2.75, 3.05) is 55.9 Å². The van der Waals surface area contributed by atoms with E-state index in [1.807, 2.05) is 0 Å². The van der Waals surface area contributed by atoms with Crippen molar-refractivity contribution in [2.45, 2.75) is 19.6 Å². The van der Waals surface area contributed by atoms with Gasteiger partial charge in [0.05, 0.1) is 42.3 Å². The molecule has 3 aromatic carbocycles. The van der Waals surface area contributed by atoms with E-state index in [0.29, 0.717) is 0 Å². The van der Waals surface area contributed by atoms with Gasteiger partial charge in [-0.05, 0) is 67.8 Å². The van der Waals surface area contributed by atoms with E-state index in [1.165, 1.54) is 16.7 Å². The van der Waals surface area contributed by atoms with Crippen LogP contribution < -0.4 is 48.8 Å². The largest absolute Gasteiger partial charge is 1.00 e. The maximum atomic E-state index is 2.43. The molecule has 39 heavy (non-hydrogen) atoms. The second kappa shape index (κ2) is 23.5. The summed E-state index contributed by atoms with van der Waals surface area (Å²) in [4.78, 5) is 0. The lowest BCUT2D eigenvalue weighted by molar-refractivity contribution is -0.887. The van der Waals surface area contributed by atoms with Crippen molar-refractivity contribution in [3.63, 3.8) is 0 Å². The molecule has 0 atom stereocenters. The number of hydrogen-bond donors (Lipinski definition) is 0. The van der Waals surface area contributed by atoms with Crippen molar-refractivity contribution in [1.82, 2.24) is 0 Å². The van der Waals surface area contributed by atoms with Gasteiger partial charge < -0.3 is 62.2 Å². The lowest BCUT2D eigenvalue weighted by Gasteiger charge is -2.27. The first-order valence-electron chi connectivity index (χ1n) is 12.2. The highest BCUT2D eigenvalue weighted by Gasteiger charge is 2.14. The van der Waals surface area contributed by atoms with Gasteiger partial charge >= 0.3 is 0 Å². The summed E-state index contributed by atoms with van der Waals surface area (Å²) in [6.45, 7) is 3.34. The van der Waals surface area contributed by atoms with Crippen molar-refractivity contribution in [3.8, 4) is 0 Å². The van der Waals surface area contributed by atoms with Gasteiger partial charge in [0.1, 0.15) is 33.3 Å². The molecule has 0 bridgehead atoms. The average Bonchev–Trinajstić information content (AvgIpc) is 2.86. The third-order valence-corrected chi connectivity index (χ3v) is 10.9. The van der Waals surface area contributed by atoms with E-state index in [9.17, 15) is 0 Å². The molecule has 0 aliphatic rings. The summed E-state index contributed by atoms with van der Waals surface area (Å²) in [7, 11) is 13.5. The highest BCUT2D eigenvalue weighted by molar-refractivity contribution is 14.1. The van der Waals surface area contributed by atoms with Crippen LogP contribution in [0, 0.1) is 0 Å². The molecule has 222 valence electrons. The Bertz CT molecular complexity index is 835. The van der Waals surface area contributed by atoms with Crippen molar-refractivity contribution in [3.05, 3.63) is 108 Å². The molecule has 0 amide bonds. The summed E-state index contributed by atoms with van der Waals surface area (Å²) >= 11 is 7.29. The zero-order valence-electron chi connectivity index (χ0n) is 24.0. The minimum absolute atomic E-state index is 0. The smallest absolute Gasteiger partial charge is 0.129 e. The van der Waals surface area contributed by atoms with E-state index in [1.54, 1.807) is 0 Å². The first-order chi connectivity index (χ1) is 16.9. The molecule has 3 aromatic rings. The van der Waals surface area contributed by atoms with Gasteiger partial charge in [-0.25, -0.2) is 0 Å². The molecule has 3 rings (SSSR count). The molecule has 0 N–H and O–H groups in total. The van der Waals surface area contributed by atoms with Crippen LogP contribution in [0.15, 0.2) is 91.0 Å². The molecule has 0 saturated carbocycles. The fourth-order valence-electron chi connectivity index (χ4n) is 3.36. The Morgan fingerprint density at radius 3 is 0.744 bits per heavy atom. The molecule has 0 aliphatic heterocycles. The van der Waals surface area contributed by atoms with Crippen LogP contribution in [-0.2, 0) is 19.6 Å². The maximum Gasteiger partial charge on any atom is 0.129 e. The Morgan fingerprint density at radius 2 is 0.590 bits per heavy atom.